The summed E-state index contributed by atoms with van der Waals surface area (Å²) in [5.74, 6) is 2.27. The van der Waals surface area contributed by atoms with Gasteiger partial charge in [0.2, 0.25) is 5.91 Å². The molecule has 0 aliphatic heterocycles. The highest BCUT2D eigenvalue weighted by Gasteiger charge is 2.60. The van der Waals surface area contributed by atoms with Crippen LogP contribution in [0.2, 0.25) is 0 Å². The van der Waals surface area contributed by atoms with Gasteiger partial charge in [0.15, 0.2) is 6.61 Å². The van der Waals surface area contributed by atoms with Gasteiger partial charge in [-0.3, -0.25) is 9.59 Å². The molecule has 5 aliphatic carbocycles. The van der Waals surface area contributed by atoms with E-state index in [2.05, 4.69) is 41.8 Å². The second-order valence-electron chi connectivity index (χ2n) is 12.2. The summed E-state index contributed by atoms with van der Waals surface area (Å²) in [5, 5.41) is 6.25. The maximum absolute atomic E-state index is 13.6. The summed E-state index contributed by atoms with van der Waals surface area (Å²) in [6.07, 6.45) is 9.87. The molecule has 2 aromatic carbocycles. The van der Waals surface area contributed by atoms with E-state index < -0.39 is 0 Å². The quantitative estimate of drug-likeness (QED) is 0.533. The van der Waals surface area contributed by atoms with Gasteiger partial charge in [-0.15, -0.1) is 0 Å². The van der Waals surface area contributed by atoms with Crippen molar-refractivity contribution in [3.8, 4) is 5.75 Å². The third-order valence-electron chi connectivity index (χ3n) is 9.14. The summed E-state index contributed by atoms with van der Waals surface area (Å²) >= 11 is 0. The maximum atomic E-state index is 13.6. The van der Waals surface area contributed by atoms with Crippen molar-refractivity contribution >= 4 is 11.8 Å². The Morgan fingerprint density at radius 3 is 2.31 bits per heavy atom. The molecule has 4 bridgehead atoms. The molecular formula is C31H38N2O3. The van der Waals surface area contributed by atoms with E-state index in [1.54, 1.807) is 0 Å². The number of hydrogen-bond acceptors (Lipinski definition) is 3. The SMILES string of the molecule is Cc1ccc(C23CC4CC(CC(C(=O)NCCc5ccc(OCC(=O)NC6CC6)cc5)(C4)C2)C3)cc1. The summed E-state index contributed by atoms with van der Waals surface area (Å²) in [7, 11) is 0. The van der Waals surface area contributed by atoms with Crippen LogP contribution >= 0.6 is 0 Å². The molecule has 0 radical (unpaired) electrons. The lowest BCUT2D eigenvalue weighted by Gasteiger charge is -2.61. The molecule has 2 atom stereocenters. The van der Waals surface area contributed by atoms with Crippen LogP contribution in [0.4, 0.5) is 0 Å². The minimum Gasteiger partial charge on any atom is -0.484 e. The highest BCUT2D eigenvalue weighted by atomic mass is 16.5. The summed E-state index contributed by atoms with van der Waals surface area (Å²) in [6.45, 7) is 2.85. The Morgan fingerprint density at radius 2 is 1.64 bits per heavy atom. The molecule has 5 fully saturated rings. The number of carbonyl (C=O) groups excluding carboxylic acids is 2. The Balaban J connectivity index is 1.04. The zero-order valence-electron chi connectivity index (χ0n) is 21.4. The first-order valence-corrected chi connectivity index (χ1v) is 13.8. The number of aryl methyl sites for hydroxylation is 1. The lowest BCUT2D eigenvalue weighted by Crippen LogP contribution is -2.59. The van der Waals surface area contributed by atoms with Crippen LogP contribution in [0.5, 0.6) is 5.75 Å². The number of benzene rings is 2. The predicted molar refractivity (Wildman–Crippen MR) is 140 cm³/mol. The molecule has 36 heavy (non-hydrogen) atoms. The zero-order valence-corrected chi connectivity index (χ0v) is 21.4. The fourth-order valence-corrected chi connectivity index (χ4v) is 7.68. The average Bonchev–Trinajstić information content (AvgIpc) is 3.67. The first-order chi connectivity index (χ1) is 17.4. The van der Waals surface area contributed by atoms with Crippen molar-refractivity contribution < 1.29 is 14.3 Å². The molecule has 5 saturated carbocycles. The predicted octanol–water partition coefficient (Wildman–Crippen LogP) is 4.85. The lowest BCUT2D eigenvalue weighted by atomic mass is 9.42. The van der Waals surface area contributed by atoms with Gasteiger partial charge in [0, 0.05) is 12.6 Å². The molecule has 0 spiro atoms. The Hall–Kier alpha value is -2.82. The van der Waals surface area contributed by atoms with E-state index in [-0.39, 0.29) is 29.3 Å². The van der Waals surface area contributed by atoms with Gasteiger partial charge in [-0.25, -0.2) is 0 Å². The van der Waals surface area contributed by atoms with Crippen LogP contribution in [0.3, 0.4) is 0 Å². The van der Waals surface area contributed by atoms with Crippen LogP contribution in [-0.2, 0) is 21.4 Å². The molecule has 2 amide bonds. The Kier molecular flexibility index (Phi) is 6.05. The molecule has 0 heterocycles. The topological polar surface area (TPSA) is 67.4 Å². The number of carbonyl (C=O) groups is 2. The molecule has 0 aromatic heterocycles. The molecular weight excluding hydrogens is 448 g/mol. The van der Waals surface area contributed by atoms with E-state index in [0.717, 1.165) is 44.1 Å². The van der Waals surface area contributed by atoms with E-state index in [1.165, 1.54) is 30.4 Å². The second-order valence-corrected chi connectivity index (χ2v) is 12.2. The van der Waals surface area contributed by atoms with Gasteiger partial charge in [0.1, 0.15) is 5.75 Å². The number of nitrogens with one attached hydrogen (secondary N) is 2. The maximum Gasteiger partial charge on any atom is 0.258 e. The van der Waals surface area contributed by atoms with Gasteiger partial charge in [0.05, 0.1) is 5.41 Å². The average molecular weight is 487 g/mol. The van der Waals surface area contributed by atoms with Crippen molar-refractivity contribution in [3.05, 3.63) is 65.2 Å². The van der Waals surface area contributed by atoms with Gasteiger partial charge < -0.3 is 15.4 Å². The van der Waals surface area contributed by atoms with Crippen molar-refractivity contribution in [2.24, 2.45) is 17.3 Å². The highest BCUT2D eigenvalue weighted by Crippen LogP contribution is 2.65. The minimum atomic E-state index is -0.201. The van der Waals surface area contributed by atoms with E-state index >= 15 is 0 Å². The number of rotatable bonds is 9. The molecule has 5 heteroatoms. The normalized spacial score (nSPS) is 30.1. The summed E-state index contributed by atoms with van der Waals surface area (Å²) < 4.78 is 5.60. The van der Waals surface area contributed by atoms with Crippen molar-refractivity contribution in [2.75, 3.05) is 13.2 Å². The van der Waals surface area contributed by atoms with Crippen LogP contribution < -0.4 is 15.4 Å². The van der Waals surface area contributed by atoms with Gasteiger partial charge in [0.25, 0.3) is 5.91 Å². The van der Waals surface area contributed by atoms with Crippen molar-refractivity contribution in [2.45, 2.75) is 76.2 Å². The number of hydrogen-bond donors (Lipinski definition) is 2. The number of amides is 2. The molecule has 2 unspecified atom stereocenters. The fourth-order valence-electron chi connectivity index (χ4n) is 7.68. The highest BCUT2D eigenvalue weighted by molar-refractivity contribution is 5.83. The lowest BCUT2D eigenvalue weighted by molar-refractivity contribution is -0.149. The molecule has 5 aliphatic rings. The monoisotopic (exact) mass is 486 g/mol. The van der Waals surface area contributed by atoms with Gasteiger partial charge in [-0.2, -0.15) is 0 Å². The third-order valence-corrected chi connectivity index (χ3v) is 9.14. The van der Waals surface area contributed by atoms with Crippen molar-refractivity contribution in [3.63, 3.8) is 0 Å². The first-order valence-electron chi connectivity index (χ1n) is 13.8. The molecule has 2 aromatic rings. The Labute approximate surface area is 214 Å². The standard InChI is InChI=1S/C31H38N2O3/c1-21-2-6-25(7-3-21)30-15-23-14-24(16-30)18-31(17-23,20-30)29(35)32-13-12-22-4-10-27(11-5-22)36-19-28(34)33-26-8-9-26/h2-7,10-11,23-24,26H,8-9,12-20H2,1H3,(H,32,35)(H,33,34). The second kappa shape index (κ2) is 9.24. The van der Waals surface area contributed by atoms with Crippen LogP contribution in [0.25, 0.3) is 0 Å². The summed E-state index contributed by atoms with van der Waals surface area (Å²) in [6, 6.07) is 17.3. The van der Waals surface area contributed by atoms with Crippen LogP contribution in [0, 0.1) is 24.2 Å². The summed E-state index contributed by atoms with van der Waals surface area (Å²) in [5.41, 5.74) is 3.89. The molecule has 2 N–H and O–H groups in total. The molecule has 7 rings (SSSR count). The minimum absolute atomic E-state index is 0.0556. The molecule has 5 nitrogen and oxygen atoms in total. The van der Waals surface area contributed by atoms with Gasteiger partial charge in [-0.1, -0.05) is 42.0 Å². The Bertz CT molecular complexity index is 1110. The van der Waals surface area contributed by atoms with Crippen LogP contribution in [0.1, 0.15) is 68.1 Å². The van der Waals surface area contributed by atoms with Crippen LogP contribution in [0.15, 0.2) is 48.5 Å². The van der Waals surface area contributed by atoms with E-state index in [4.69, 9.17) is 4.74 Å². The number of ether oxygens (including phenoxy) is 1. The molecule has 0 saturated heterocycles. The largest absolute Gasteiger partial charge is 0.484 e. The van der Waals surface area contributed by atoms with E-state index in [0.29, 0.717) is 30.2 Å². The van der Waals surface area contributed by atoms with E-state index in [9.17, 15) is 9.59 Å². The zero-order chi connectivity index (χ0) is 24.8. The fraction of sp³-hybridized carbons (Fsp3) is 0.548. The Morgan fingerprint density at radius 1 is 0.944 bits per heavy atom. The first kappa shape index (κ1) is 23.6. The van der Waals surface area contributed by atoms with Crippen molar-refractivity contribution in [1.82, 2.24) is 10.6 Å². The molecule has 190 valence electrons. The van der Waals surface area contributed by atoms with Gasteiger partial charge >= 0.3 is 0 Å². The van der Waals surface area contributed by atoms with Crippen LogP contribution in [-0.4, -0.2) is 31.0 Å². The third kappa shape index (κ3) is 4.77. The smallest absolute Gasteiger partial charge is 0.258 e. The van der Waals surface area contributed by atoms with E-state index in [1.807, 2.05) is 24.3 Å². The summed E-state index contributed by atoms with van der Waals surface area (Å²) in [4.78, 5) is 25.4. The van der Waals surface area contributed by atoms with Crippen molar-refractivity contribution in [1.29, 1.82) is 0 Å². The van der Waals surface area contributed by atoms with Gasteiger partial charge in [-0.05, 0) is 105 Å².